The van der Waals surface area contributed by atoms with Crippen LogP contribution >= 0.6 is 0 Å². The molecule has 0 saturated carbocycles. The van der Waals surface area contributed by atoms with E-state index in [1.807, 2.05) is 0 Å². The number of hydrogen-bond acceptors (Lipinski definition) is 4. The zero-order valence-corrected chi connectivity index (χ0v) is 9.92. The molecule has 0 aromatic carbocycles. The molecule has 104 valence electrons. The first-order chi connectivity index (χ1) is 7.98. The third-order valence-electron chi connectivity index (χ3n) is 2.04. The Balaban J connectivity index is 3.19. The van der Waals surface area contributed by atoms with Crippen molar-refractivity contribution in [1.29, 1.82) is 0 Å². The van der Waals surface area contributed by atoms with E-state index in [0.717, 1.165) is 6.42 Å². The molecule has 0 spiro atoms. The highest BCUT2D eigenvalue weighted by atomic mass is 19.4. The minimum absolute atomic E-state index is 0.431. The van der Waals surface area contributed by atoms with E-state index >= 15 is 0 Å². The first-order valence-electron chi connectivity index (χ1n) is 5.50. The Morgan fingerprint density at radius 3 is 2.47 bits per heavy atom. The van der Waals surface area contributed by atoms with Gasteiger partial charge in [0.15, 0.2) is 6.10 Å². The summed E-state index contributed by atoms with van der Waals surface area (Å²) in [6, 6.07) is 0. The molecule has 0 bridgehead atoms. The summed E-state index contributed by atoms with van der Waals surface area (Å²) in [5.74, 6) is 0. The molecule has 0 rings (SSSR count). The zero-order valence-electron chi connectivity index (χ0n) is 9.92. The quantitative estimate of drug-likeness (QED) is 0.573. The van der Waals surface area contributed by atoms with E-state index in [1.54, 1.807) is 7.11 Å². The number of ether oxygens (including phenoxy) is 2. The molecule has 0 aromatic rings. The Bertz CT molecular complexity index is 179. The summed E-state index contributed by atoms with van der Waals surface area (Å²) in [7, 11) is 1.58. The second kappa shape index (κ2) is 9.64. The summed E-state index contributed by atoms with van der Waals surface area (Å²) in [4.78, 5) is 0. The summed E-state index contributed by atoms with van der Waals surface area (Å²) in [5, 5.41) is 11.2. The van der Waals surface area contributed by atoms with Crippen LogP contribution < -0.4 is 5.32 Å². The molecular formula is C10H20F3NO3. The predicted molar refractivity (Wildman–Crippen MR) is 56.9 cm³/mol. The normalized spacial score (nSPS) is 13.9. The Morgan fingerprint density at radius 2 is 1.88 bits per heavy atom. The maximum atomic E-state index is 11.9. The van der Waals surface area contributed by atoms with Crippen LogP contribution in [0.4, 0.5) is 13.2 Å². The van der Waals surface area contributed by atoms with Crippen LogP contribution in [0.1, 0.15) is 12.8 Å². The molecular weight excluding hydrogens is 239 g/mol. The van der Waals surface area contributed by atoms with E-state index in [-0.39, 0.29) is 0 Å². The zero-order chi connectivity index (χ0) is 13.1. The van der Waals surface area contributed by atoms with Crippen molar-refractivity contribution >= 4 is 0 Å². The van der Waals surface area contributed by atoms with E-state index in [9.17, 15) is 13.2 Å². The van der Waals surface area contributed by atoms with Gasteiger partial charge < -0.3 is 19.9 Å². The molecule has 7 heteroatoms. The minimum atomic E-state index is -4.55. The van der Waals surface area contributed by atoms with Gasteiger partial charge in [-0.25, -0.2) is 0 Å². The van der Waals surface area contributed by atoms with Gasteiger partial charge in [0.05, 0.1) is 13.2 Å². The van der Waals surface area contributed by atoms with Crippen molar-refractivity contribution in [2.75, 3.05) is 40.0 Å². The highest BCUT2D eigenvalue weighted by Gasteiger charge is 2.37. The first kappa shape index (κ1) is 16.6. The lowest BCUT2D eigenvalue weighted by atomic mass is 10.3. The number of alkyl halides is 3. The molecule has 0 aliphatic rings. The van der Waals surface area contributed by atoms with Crippen molar-refractivity contribution < 1.29 is 27.8 Å². The lowest BCUT2D eigenvalue weighted by molar-refractivity contribution is -0.201. The van der Waals surface area contributed by atoms with Gasteiger partial charge in [-0.05, 0) is 19.4 Å². The molecule has 0 radical (unpaired) electrons. The van der Waals surface area contributed by atoms with Crippen LogP contribution in [-0.2, 0) is 9.47 Å². The summed E-state index contributed by atoms with van der Waals surface area (Å²) < 4.78 is 45.6. The van der Waals surface area contributed by atoms with E-state index in [2.05, 4.69) is 5.32 Å². The highest BCUT2D eigenvalue weighted by molar-refractivity contribution is 4.67. The fourth-order valence-electron chi connectivity index (χ4n) is 1.05. The fourth-order valence-corrected chi connectivity index (χ4v) is 1.05. The van der Waals surface area contributed by atoms with Gasteiger partial charge in [-0.3, -0.25) is 0 Å². The van der Waals surface area contributed by atoms with Gasteiger partial charge in [0.1, 0.15) is 0 Å². The highest BCUT2D eigenvalue weighted by Crippen LogP contribution is 2.19. The Morgan fingerprint density at radius 1 is 1.18 bits per heavy atom. The van der Waals surface area contributed by atoms with Crippen molar-refractivity contribution in [3.63, 3.8) is 0 Å². The number of aliphatic hydroxyl groups excluding tert-OH is 1. The molecule has 0 aromatic heterocycles. The molecule has 1 atom stereocenters. The SMILES string of the molecule is COCCOCCCCNCC(O)C(F)(F)F. The van der Waals surface area contributed by atoms with Crippen molar-refractivity contribution in [3.05, 3.63) is 0 Å². The molecule has 2 N–H and O–H groups in total. The lowest BCUT2D eigenvalue weighted by Crippen LogP contribution is -2.38. The van der Waals surface area contributed by atoms with Gasteiger partial charge in [0.25, 0.3) is 0 Å². The fraction of sp³-hybridized carbons (Fsp3) is 1.00. The Hall–Kier alpha value is -0.370. The Kier molecular flexibility index (Phi) is 9.43. The van der Waals surface area contributed by atoms with Gasteiger partial charge >= 0.3 is 6.18 Å². The monoisotopic (exact) mass is 259 g/mol. The molecule has 0 aliphatic carbocycles. The minimum Gasteiger partial charge on any atom is -0.382 e. The predicted octanol–water partition coefficient (Wildman–Crippen LogP) is 0.942. The summed E-state index contributed by atoms with van der Waals surface area (Å²) in [6.07, 6.45) is -5.37. The van der Waals surface area contributed by atoms with Crippen LogP contribution in [0, 0.1) is 0 Å². The second-order valence-corrected chi connectivity index (χ2v) is 3.57. The van der Waals surface area contributed by atoms with E-state index in [0.29, 0.717) is 32.8 Å². The Labute approximate surface area is 99.1 Å². The number of rotatable bonds is 10. The number of halogens is 3. The van der Waals surface area contributed by atoms with Crippen LogP contribution in [0.5, 0.6) is 0 Å². The van der Waals surface area contributed by atoms with E-state index in [1.165, 1.54) is 0 Å². The number of nitrogens with one attached hydrogen (secondary N) is 1. The number of unbranched alkanes of at least 4 members (excludes halogenated alkanes) is 1. The van der Waals surface area contributed by atoms with Crippen molar-refractivity contribution in [2.45, 2.75) is 25.1 Å². The molecule has 0 aliphatic heterocycles. The van der Waals surface area contributed by atoms with Crippen molar-refractivity contribution in [3.8, 4) is 0 Å². The topological polar surface area (TPSA) is 50.7 Å². The standard InChI is InChI=1S/C10H20F3NO3/c1-16-6-7-17-5-3-2-4-14-8-9(15)10(11,12)13/h9,14-15H,2-8H2,1H3. The molecule has 0 amide bonds. The smallest absolute Gasteiger partial charge is 0.382 e. The van der Waals surface area contributed by atoms with Crippen LogP contribution in [0.15, 0.2) is 0 Å². The summed E-state index contributed by atoms with van der Waals surface area (Å²) in [6.45, 7) is 1.59. The largest absolute Gasteiger partial charge is 0.415 e. The average Bonchev–Trinajstić information content (AvgIpc) is 2.25. The van der Waals surface area contributed by atoms with E-state index < -0.39 is 18.8 Å². The summed E-state index contributed by atoms with van der Waals surface area (Å²) in [5.41, 5.74) is 0. The van der Waals surface area contributed by atoms with Crippen molar-refractivity contribution in [2.24, 2.45) is 0 Å². The second-order valence-electron chi connectivity index (χ2n) is 3.57. The average molecular weight is 259 g/mol. The van der Waals surface area contributed by atoms with Gasteiger partial charge in [-0.2, -0.15) is 13.2 Å². The molecule has 4 nitrogen and oxygen atoms in total. The van der Waals surface area contributed by atoms with Crippen molar-refractivity contribution in [1.82, 2.24) is 5.32 Å². The number of hydrogen-bond donors (Lipinski definition) is 2. The van der Waals surface area contributed by atoms with Crippen LogP contribution in [0.2, 0.25) is 0 Å². The number of methoxy groups -OCH3 is 1. The van der Waals surface area contributed by atoms with Gasteiger partial charge in [0.2, 0.25) is 0 Å². The number of aliphatic hydroxyl groups is 1. The summed E-state index contributed by atoms with van der Waals surface area (Å²) >= 11 is 0. The third kappa shape index (κ3) is 10.5. The third-order valence-corrected chi connectivity index (χ3v) is 2.04. The molecule has 0 saturated heterocycles. The lowest BCUT2D eigenvalue weighted by Gasteiger charge is -2.14. The van der Waals surface area contributed by atoms with Crippen LogP contribution in [0.3, 0.4) is 0 Å². The van der Waals surface area contributed by atoms with Crippen LogP contribution in [0.25, 0.3) is 0 Å². The van der Waals surface area contributed by atoms with Gasteiger partial charge in [0, 0.05) is 20.3 Å². The molecule has 17 heavy (non-hydrogen) atoms. The van der Waals surface area contributed by atoms with Gasteiger partial charge in [-0.1, -0.05) is 0 Å². The molecule has 0 fully saturated rings. The first-order valence-corrected chi connectivity index (χ1v) is 5.50. The van der Waals surface area contributed by atoms with Crippen LogP contribution in [-0.4, -0.2) is 57.4 Å². The van der Waals surface area contributed by atoms with E-state index in [4.69, 9.17) is 14.6 Å². The maximum absolute atomic E-state index is 11.9. The maximum Gasteiger partial charge on any atom is 0.415 e. The molecule has 0 heterocycles. The van der Waals surface area contributed by atoms with Gasteiger partial charge in [-0.15, -0.1) is 0 Å². The molecule has 1 unspecified atom stereocenters.